The molecule has 5 unspecified atom stereocenters. The Kier molecular flexibility index (Phi) is 5.12. The number of nitrogens with one attached hydrogen (secondary N) is 2. The van der Waals surface area contributed by atoms with Gasteiger partial charge in [-0.2, -0.15) is 0 Å². The van der Waals surface area contributed by atoms with Crippen molar-refractivity contribution in [1.29, 1.82) is 0 Å². The summed E-state index contributed by atoms with van der Waals surface area (Å²) in [7, 11) is 0. The molecule has 24 heavy (non-hydrogen) atoms. The van der Waals surface area contributed by atoms with E-state index < -0.39 is 0 Å². The molecule has 0 aromatic carbocycles. The van der Waals surface area contributed by atoms with Gasteiger partial charge in [0.15, 0.2) is 5.96 Å². The number of hydrogen-bond donors (Lipinski definition) is 3. The van der Waals surface area contributed by atoms with Crippen LogP contribution in [0.1, 0.15) is 59.8 Å². The average molecular weight is 338 g/mol. The standard InChI is InChI=1S/C19H35N3O2/c1-5-20-17(21-12-19(4)10-7-6-8-14(19)23)22-15-13-9-11-24-16(13)18(15,2)3/h13-16,23H,5-12H2,1-4H3,(H2,20,21,22). The van der Waals surface area contributed by atoms with Crippen LogP contribution in [0.2, 0.25) is 0 Å². The third-order valence-electron chi connectivity index (χ3n) is 6.62. The SMILES string of the molecule is CCNC(=NCC1(C)CCCCC1O)NC1C2CCOC2C1(C)C. The van der Waals surface area contributed by atoms with Gasteiger partial charge in [0.25, 0.3) is 0 Å². The highest BCUT2D eigenvalue weighted by Gasteiger charge is 2.59. The van der Waals surface area contributed by atoms with E-state index in [2.05, 4.69) is 38.3 Å². The monoisotopic (exact) mass is 337 g/mol. The van der Waals surface area contributed by atoms with Gasteiger partial charge in [0.2, 0.25) is 0 Å². The smallest absolute Gasteiger partial charge is 0.191 e. The molecule has 2 saturated carbocycles. The fourth-order valence-corrected chi connectivity index (χ4v) is 4.91. The van der Waals surface area contributed by atoms with Gasteiger partial charge < -0.3 is 20.5 Å². The molecule has 1 heterocycles. The largest absolute Gasteiger partial charge is 0.392 e. The van der Waals surface area contributed by atoms with Gasteiger partial charge in [-0.05, 0) is 26.2 Å². The zero-order valence-electron chi connectivity index (χ0n) is 15.8. The molecule has 138 valence electrons. The van der Waals surface area contributed by atoms with Gasteiger partial charge >= 0.3 is 0 Å². The zero-order valence-corrected chi connectivity index (χ0v) is 15.8. The molecule has 3 fully saturated rings. The maximum Gasteiger partial charge on any atom is 0.191 e. The molecule has 0 radical (unpaired) electrons. The van der Waals surface area contributed by atoms with E-state index in [1.165, 1.54) is 6.42 Å². The highest BCUT2D eigenvalue weighted by molar-refractivity contribution is 5.80. The first-order chi connectivity index (χ1) is 11.4. The average Bonchev–Trinajstić information content (AvgIpc) is 3.00. The van der Waals surface area contributed by atoms with Crippen LogP contribution in [0.15, 0.2) is 4.99 Å². The molecule has 5 heteroatoms. The second kappa shape index (κ2) is 6.83. The van der Waals surface area contributed by atoms with E-state index in [4.69, 9.17) is 9.73 Å². The maximum atomic E-state index is 10.4. The van der Waals surface area contributed by atoms with Crippen LogP contribution in [0.4, 0.5) is 0 Å². The minimum atomic E-state index is -0.231. The number of rotatable bonds is 4. The molecule has 3 aliphatic rings. The Morgan fingerprint density at radius 1 is 1.25 bits per heavy atom. The van der Waals surface area contributed by atoms with E-state index in [9.17, 15) is 5.11 Å². The summed E-state index contributed by atoms with van der Waals surface area (Å²) in [5.41, 5.74) is 0.0559. The summed E-state index contributed by atoms with van der Waals surface area (Å²) in [5, 5.41) is 17.4. The fraction of sp³-hybridized carbons (Fsp3) is 0.947. The summed E-state index contributed by atoms with van der Waals surface area (Å²) in [5.74, 6) is 1.49. The van der Waals surface area contributed by atoms with E-state index in [1.807, 2.05) is 0 Å². The van der Waals surface area contributed by atoms with Gasteiger partial charge in [0.1, 0.15) is 0 Å². The van der Waals surface area contributed by atoms with Crippen molar-refractivity contribution in [2.45, 2.75) is 78.0 Å². The lowest BCUT2D eigenvalue weighted by Gasteiger charge is -2.55. The van der Waals surface area contributed by atoms with Crippen LogP contribution >= 0.6 is 0 Å². The molecule has 0 spiro atoms. The highest BCUT2D eigenvalue weighted by atomic mass is 16.5. The molecule has 2 aliphatic carbocycles. The summed E-state index contributed by atoms with van der Waals surface area (Å²) in [6.07, 6.45) is 5.60. The van der Waals surface area contributed by atoms with Gasteiger partial charge in [-0.25, -0.2) is 0 Å². The van der Waals surface area contributed by atoms with Gasteiger partial charge in [-0.1, -0.05) is 33.6 Å². The summed E-state index contributed by atoms with van der Waals surface area (Å²) in [4.78, 5) is 4.85. The van der Waals surface area contributed by atoms with Gasteiger partial charge in [0, 0.05) is 35.9 Å². The number of fused-ring (bicyclic) bond motifs is 1. The third kappa shape index (κ3) is 3.17. The van der Waals surface area contributed by atoms with Crippen molar-refractivity contribution in [3.63, 3.8) is 0 Å². The molecular weight excluding hydrogens is 302 g/mol. The molecule has 3 rings (SSSR count). The molecule has 5 atom stereocenters. The summed E-state index contributed by atoms with van der Waals surface area (Å²) in [6, 6.07) is 0.409. The van der Waals surface area contributed by atoms with E-state index in [0.717, 1.165) is 44.8 Å². The second-order valence-corrected chi connectivity index (χ2v) is 8.80. The van der Waals surface area contributed by atoms with Crippen LogP contribution in [0.25, 0.3) is 0 Å². The fourth-order valence-electron chi connectivity index (χ4n) is 4.91. The Morgan fingerprint density at radius 3 is 2.75 bits per heavy atom. The first kappa shape index (κ1) is 18.0. The number of guanidine groups is 1. The van der Waals surface area contributed by atoms with Crippen molar-refractivity contribution >= 4 is 5.96 Å². The first-order valence-corrected chi connectivity index (χ1v) is 9.73. The Labute approximate surface area is 146 Å². The van der Waals surface area contributed by atoms with Crippen LogP contribution in [-0.4, -0.2) is 49.0 Å². The Morgan fingerprint density at radius 2 is 2.04 bits per heavy atom. The molecule has 0 amide bonds. The summed E-state index contributed by atoms with van der Waals surface area (Å²) >= 11 is 0. The number of ether oxygens (including phenoxy) is 1. The van der Waals surface area contributed by atoms with Crippen LogP contribution in [0, 0.1) is 16.7 Å². The Balaban J connectivity index is 1.66. The van der Waals surface area contributed by atoms with Crippen molar-refractivity contribution in [2.75, 3.05) is 19.7 Å². The molecular formula is C19H35N3O2. The normalized spacial score (nSPS) is 41.5. The minimum absolute atomic E-state index is 0.0886. The lowest BCUT2D eigenvalue weighted by atomic mass is 9.57. The number of aliphatic hydroxyl groups excluding tert-OH is 1. The minimum Gasteiger partial charge on any atom is -0.392 e. The lowest BCUT2D eigenvalue weighted by molar-refractivity contribution is -0.106. The number of hydrogen-bond acceptors (Lipinski definition) is 3. The van der Waals surface area contributed by atoms with Crippen molar-refractivity contribution in [2.24, 2.45) is 21.7 Å². The Hall–Kier alpha value is -0.810. The molecule has 0 bridgehead atoms. The van der Waals surface area contributed by atoms with E-state index >= 15 is 0 Å². The number of nitrogens with zero attached hydrogens (tertiary/aromatic N) is 1. The topological polar surface area (TPSA) is 65.9 Å². The summed E-state index contributed by atoms with van der Waals surface area (Å²) in [6.45, 7) is 11.3. The van der Waals surface area contributed by atoms with Crippen LogP contribution in [-0.2, 0) is 4.74 Å². The quantitative estimate of drug-likeness (QED) is 0.544. The van der Waals surface area contributed by atoms with Crippen LogP contribution < -0.4 is 10.6 Å². The van der Waals surface area contributed by atoms with E-state index in [1.54, 1.807) is 0 Å². The molecule has 0 aromatic rings. The second-order valence-electron chi connectivity index (χ2n) is 8.80. The van der Waals surface area contributed by atoms with Crippen molar-refractivity contribution in [3.05, 3.63) is 0 Å². The van der Waals surface area contributed by atoms with E-state index in [-0.39, 0.29) is 16.9 Å². The van der Waals surface area contributed by atoms with E-state index in [0.29, 0.717) is 24.6 Å². The molecule has 1 aliphatic heterocycles. The highest BCUT2D eigenvalue weighted by Crippen LogP contribution is 2.52. The zero-order chi connectivity index (χ0) is 17.4. The van der Waals surface area contributed by atoms with Gasteiger partial charge in [0.05, 0.1) is 18.8 Å². The number of aliphatic hydroxyl groups is 1. The summed E-state index contributed by atoms with van der Waals surface area (Å²) < 4.78 is 5.89. The molecule has 0 aromatic heterocycles. The van der Waals surface area contributed by atoms with Crippen LogP contribution in [0.5, 0.6) is 0 Å². The van der Waals surface area contributed by atoms with Gasteiger partial charge in [-0.15, -0.1) is 0 Å². The van der Waals surface area contributed by atoms with Gasteiger partial charge in [-0.3, -0.25) is 4.99 Å². The van der Waals surface area contributed by atoms with Crippen molar-refractivity contribution in [1.82, 2.24) is 10.6 Å². The molecule has 3 N–H and O–H groups in total. The predicted molar refractivity (Wildman–Crippen MR) is 97.1 cm³/mol. The van der Waals surface area contributed by atoms with Crippen molar-refractivity contribution in [3.8, 4) is 0 Å². The lowest BCUT2D eigenvalue weighted by Crippen LogP contribution is -2.68. The third-order valence-corrected chi connectivity index (χ3v) is 6.62. The Bertz CT molecular complexity index is 479. The number of aliphatic imine (C=N–C) groups is 1. The molecule has 5 nitrogen and oxygen atoms in total. The maximum absolute atomic E-state index is 10.4. The molecule has 1 saturated heterocycles. The first-order valence-electron chi connectivity index (χ1n) is 9.73. The van der Waals surface area contributed by atoms with Crippen molar-refractivity contribution < 1.29 is 9.84 Å². The predicted octanol–water partition coefficient (Wildman–Crippen LogP) is 2.30. The van der Waals surface area contributed by atoms with Crippen LogP contribution in [0.3, 0.4) is 0 Å².